The van der Waals surface area contributed by atoms with Gasteiger partial charge in [0.05, 0.1) is 12.7 Å². The maximum absolute atomic E-state index is 11.0. The fourth-order valence-electron chi connectivity index (χ4n) is 1.13. The molecule has 0 fully saturated rings. The first kappa shape index (κ1) is 12.6. The van der Waals surface area contributed by atoms with Gasteiger partial charge < -0.3 is 20.1 Å². The number of carbonyl (C=O) groups is 2. The van der Waals surface area contributed by atoms with Crippen molar-refractivity contribution < 1.29 is 29.6 Å². The van der Waals surface area contributed by atoms with E-state index in [4.69, 9.17) is 5.11 Å². The third kappa shape index (κ3) is 2.38. The summed E-state index contributed by atoms with van der Waals surface area (Å²) in [5.41, 5.74) is -0.143. The summed E-state index contributed by atoms with van der Waals surface area (Å²) < 4.78 is 4.24. The summed E-state index contributed by atoms with van der Waals surface area (Å²) >= 11 is 1.06. The molecule has 0 bridgehead atoms. The molecule has 0 aliphatic rings. The molecule has 3 N–H and O–H groups in total. The molecule has 0 aromatic carbocycles. The highest BCUT2D eigenvalue weighted by Crippen LogP contribution is 2.25. The highest BCUT2D eigenvalue weighted by Gasteiger charge is 2.30. The predicted molar refractivity (Wildman–Crippen MR) is 54.3 cm³/mol. The van der Waals surface area contributed by atoms with Crippen LogP contribution in [0, 0.1) is 0 Å². The molecule has 0 saturated heterocycles. The summed E-state index contributed by atoms with van der Waals surface area (Å²) in [6.45, 7) is 0. The quantitative estimate of drug-likeness (QED) is 0.647. The number of carboxylic acid groups (broad SMARTS) is 1. The normalized spacial score (nSPS) is 14.2. The van der Waals surface area contributed by atoms with Crippen LogP contribution in [0.3, 0.4) is 0 Å². The number of esters is 1. The molecule has 0 amide bonds. The van der Waals surface area contributed by atoms with Crippen LogP contribution in [0.4, 0.5) is 0 Å². The number of rotatable bonds is 4. The zero-order valence-corrected chi connectivity index (χ0v) is 9.10. The minimum atomic E-state index is -1.79. The number of carbonyl (C=O) groups excluding carboxylic acids is 1. The molecule has 2 unspecified atom stereocenters. The second kappa shape index (κ2) is 5.06. The third-order valence-corrected chi connectivity index (χ3v) is 2.74. The molecule has 0 saturated carbocycles. The van der Waals surface area contributed by atoms with Crippen molar-refractivity contribution in [1.29, 1.82) is 0 Å². The standard InChI is InChI=1S/C9H10O6S/c1-15-9(14)7(11)6(10)4-2-16-3-5(4)8(12)13/h2-3,6-7,10-11H,1H3,(H,12,13). The van der Waals surface area contributed by atoms with E-state index in [-0.39, 0.29) is 11.1 Å². The van der Waals surface area contributed by atoms with Crippen molar-refractivity contribution in [2.24, 2.45) is 0 Å². The Morgan fingerprint density at radius 2 is 2.00 bits per heavy atom. The smallest absolute Gasteiger partial charge is 0.337 e. The first-order valence-electron chi connectivity index (χ1n) is 4.22. The lowest BCUT2D eigenvalue weighted by Crippen LogP contribution is -2.29. The molecular formula is C9H10O6S. The fraction of sp³-hybridized carbons (Fsp3) is 0.333. The Morgan fingerprint density at radius 1 is 1.38 bits per heavy atom. The molecule has 0 aliphatic heterocycles. The molecule has 1 heterocycles. The van der Waals surface area contributed by atoms with Crippen LogP contribution in [0.15, 0.2) is 10.8 Å². The molecule has 7 heteroatoms. The van der Waals surface area contributed by atoms with E-state index >= 15 is 0 Å². The van der Waals surface area contributed by atoms with Crippen LogP contribution in [0.2, 0.25) is 0 Å². The average Bonchev–Trinajstić information content (AvgIpc) is 2.74. The topological polar surface area (TPSA) is 104 Å². The number of hydrogen-bond acceptors (Lipinski definition) is 6. The second-order valence-electron chi connectivity index (χ2n) is 2.96. The number of carboxylic acids is 1. The summed E-state index contributed by atoms with van der Waals surface area (Å²) in [5.74, 6) is -2.25. The van der Waals surface area contributed by atoms with Gasteiger partial charge in [0.1, 0.15) is 6.10 Å². The number of thiophene rings is 1. The van der Waals surface area contributed by atoms with E-state index in [1.807, 2.05) is 0 Å². The van der Waals surface area contributed by atoms with Crippen LogP contribution in [-0.2, 0) is 9.53 Å². The predicted octanol–water partition coefficient (Wildman–Crippen LogP) is 0.0136. The van der Waals surface area contributed by atoms with Gasteiger partial charge >= 0.3 is 11.9 Å². The van der Waals surface area contributed by atoms with Crippen LogP contribution in [0.25, 0.3) is 0 Å². The van der Waals surface area contributed by atoms with Crippen molar-refractivity contribution in [3.8, 4) is 0 Å². The lowest BCUT2D eigenvalue weighted by Gasteiger charge is -2.15. The fourth-order valence-corrected chi connectivity index (χ4v) is 1.98. The van der Waals surface area contributed by atoms with Crippen molar-refractivity contribution in [1.82, 2.24) is 0 Å². The summed E-state index contributed by atoms with van der Waals surface area (Å²) in [7, 11) is 1.06. The van der Waals surface area contributed by atoms with Gasteiger partial charge in [0.2, 0.25) is 0 Å². The number of aliphatic hydroxyl groups excluding tert-OH is 2. The maximum atomic E-state index is 11.0. The van der Waals surface area contributed by atoms with Gasteiger partial charge in [-0.05, 0) is 5.38 Å². The summed E-state index contributed by atoms with van der Waals surface area (Å²) in [4.78, 5) is 21.7. The highest BCUT2D eigenvalue weighted by molar-refractivity contribution is 7.08. The molecular weight excluding hydrogens is 236 g/mol. The van der Waals surface area contributed by atoms with E-state index in [9.17, 15) is 19.8 Å². The van der Waals surface area contributed by atoms with Crippen LogP contribution in [-0.4, -0.2) is 40.5 Å². The van der Waals surface area contributed by atoms with Gasteiger partial charge in [0.25, 0.3) is 0 Å². The number of aromatic carboxylic acids is 1. The molecule has 6 nitrogen and oxygen atoms in total. The van der Waals surface area contributed by atoms with Crippen molar-refractivity contribution in [3.05, 3.63) is 21.9 Å². The molecule has 0 spiro atoms. The molecule has 0 radical (unpaired) electrons. The van der Waals surface area contributed by atoms with Crippen molar-refractivity contribution in [2.75, 3.05) is 7.11 Å². The Bertz CT molecular complexity index is 398. The highest BCUT2D eigenvalue weighted by atomic mass is 32.1. The van der Waals surface area contributed by atoms with Gasteiger partial charge in [-0.3, -0.25) is 0 Å². The minimum Gasteiger partial charge on any atom is -0.478 e. The van der Waals surface area contributed by atoms with E-state index in [2.05, 4.69) is 4.74 Å². The first-order valence-corrected chi connectivity index (χ1v) is 5.16. The van der Waals surface area contributed by atoms with Gasteiger partial charge in [-0.15, -0.1) is 0 Å². The van der Waals surface area contributed by atoms with E-state index in [1.54, 1.807) is 0 Å². The van der Waals surface area contributed by atoms with E-state index in [0.717, 1.165) is 18.4 Å². The zero-order valence-electron chi connectivity index (χ0n) is 8.28. The second-order valence-corrected chi connectivity index (χ2v) is 3.70. The van der Waals surface area contributed by atoms with Crippen LogP contribution >= 0.6 is 11.3 Å². The number of aliphatic hydroxyl groups is 2. The molecule has 16 heavy (non-hydrogen) atoms. The van der Waals surface area contributed by atoms with Gasteiger partial charge in [0, 0.05) is 10.9 Å². The molecule has 1 aromatic heterocycles. The van der Waals surface area contributed by atoms with E-state index in [0.29, 0.717) is 0 Å². The van der Waals surface area contributed by atoms with Crippen LogP contribution in [0.1, 0.15) is 22.0 Å². The Kier molecular flexibility index (Phi) is 3.99. The first-order chi connectivity index (χ1) is 7.49. The van der Waals surface area contributed by atoms with Crippen molar-refractivity contribution >= 4 is 23.3 Å². The van der Waals surface area contributed by atoms with Gasteiger partial charge in [-0.2, -0.15) is 11.3 Å². The number of methoxy groups -OCH3 is 1. The minimum absolute atomic E-state index is 0.00426. The van der Waals surface area contributed by atoms with Crippen LogP contribution in [0.5, 0.6) is 0 Å². The van der Waals surface area contributed by atoms with Gasteiger partial charge in [-0.25, -0.2) is 9.59 Å². The lowest BCUT2D eigenvalue weighted by atomic mass is 10.0. The van der Waals surface area contributed by atoms with Crippen molar-refractivity contribution in [3.63, 3.8) is 0 Å². The molecule has 1 aromatic rings. The van der Waals surface area contributed by atoms with Gasteiger partial charge in [0.15, 0.2) is 6.10 Å². The maximum Gasteiger partial charge on any atom is 0.337 e. The lowest BCUT2D eigenvalue weighted by molar-refractivity contribution is -0.156. The number of ether oxygens (including phenoxy) is 1. The average molecular weight is 246 g/mol. The Hall–Kier alpha value is -1.44. The van der Waals surface area contributed by atoms with Crippen molar-refractivity contribution in [2.45, 2.75) is 12.2 Å². The van der Waals surface area contributed by atoms with Crippen LogP contribution < -0.4 is 0 Å². The third-order valence-electron chi connectivity index (χ3n) is 1.98. The SMILES string of the molecule is COC(=O)C(O)C(O)c1cscc1C(=O)O. The number of hydrogen-bond donors (Lipinski definition) is 3. The van der Waals surface area contributed by atoms with Gasteiger partial charge in [-0.1, -0.05) is 0 Å². The zero-order chi connectivity index (χ0) is 12.3. The summed E-state index contributed by atoms with van der Waals surface area (Å²) in [6, 6.07) is 0. The summed E-state index contributed by atoms with van der Waals surface area (Å²) in [6.07, 6.45) is -3.40. The molecule has 0 aliphatic carbocycles. The Balaban J connectivity index is 2.96. The molecule has 88 valence electrons. The summed E-state index contributed by atoms with van der Waals surface area (Å²) in [5, 5.41) is 30.4. The Labute approximate surface area is 94.7 Å². The molecule has 1 rings (SSSR count). The molecule has 2 atom stereocenters. The Morgan fingerprint density at radius 3 is 2.50 bits per heavy atom. The monoisotopic (exact) mass is 246 g/mol. The van der Waals surface area contributed by atoms with E-state index in [1.165, 1.54) is 10.8 Å². The van der Waals surface area contributed by atoms with E-state index < -0.39 is 24.1 Å². The largest absolute Gasteiger partial charge is 0.478 e.